The molecule has 0 amide bonds. The van der Waals surface area contributed by atoms with Crippen LogP contribution in [-0.4, -0.2) is 44.9 Å². The first-order chi connectivity index (χ1) is 14.2. The summed E-state index contributed by atoms with van der Waals surface area (Å²) in [5, 5.41) is 3.72. The fourth-order valence-corrected chi connectivity index (χ4v) is 4.31. The first-order valence-electron chi connectivity index (χ1n) is 10.7. The number of hydrogen-bond donors (Lipinski definition) is 1. The van der Waals surface area contributed by atoms with E-state index < -0.39 is 0 Å². The summed E-state index contributed by atoms with van der Waals surface area (Å²) in [6.45, 7) is 9.75. The van der Waals surface area contributed by atoms with Crippen LogP contribution in [-0.2, 0) is 6.54 Å². The van der Waals surface area contributed by atoms with E-state index in [-0.39, 0.29) is 0 Å². The highest BCUT2D eigenvalue weighted by molar-refractivity contribution is 5.54. The van der Waals surface area contributed by atoms with Gasteiger partial charge >= 0.3 is 0 Å². The van der Waals surface area contributed by atoms with E-state index in [0.717, 1.165) is 49.8 Å². The molecule has 29 heavy (non-hydrogen) atoms. The van der Waals surface area contributed by atoms with Crippen LogP contribution < -0.4 is 19.5 Å². The van der Waals surface area contributed by atoms with Gasteiger partial charge in [0.25, 0.3) is 0 Å². The molecule has 0 radical (unpaired) electrons. The topological polar surface area (TPSA) is 43.0 Å². The number of piperazine rings is 1. The molecule has 1 atom stereocenters. The van der Waals surface area contributed by atoms with Crippen LogP contribution in [0.5, 0.6) is 17.2 Å². The van der Waals surface area contributed by atoms with Crippen molar-refractivity contribution in [2.45, 2.75) is 38.8 Å². The van der Waals surface area contributed by atoms with E-state index in [4.69, 9.17) is 14.2 Å². The molecule has 1 N–H and O–H groups in total. The molecule has 2 aliphatic heterocycles. The van der Waals surface area contributed by atoms with Crippen molar-refractivity contribution in [2.75, 3.05) is 40.0 Å². The highest BCUT2D eigenvalue weighted by Crippen LogP contribution is 2.40. The van der Waals surface area contributed by atoms with Crippen molar-refractivity contribution in [3.05, 3.63) is 53.1 Å². The molecule has 2 aromatic rings. The third kappa shape index (κ3) is 4.51. The van der Waals surface area contributed by atoms with Gasteiger partial charge in [-0.1, -0.05) is 38.1 Å². The zero-order chi connectivity index (χ0) is 20.2. The fourth-order valence-electron chi connectivity index (χ4n) is 4.31. The summed E-state index contributed by atoms with van der Waals surface area (Å²) in [5.74, 6) is 2.82. The number of ether oxygens (including phenoxy) is 3. The second-order valence-corrected chi connectivity index (χ2v) is 8.20. The Kier molecular flexibility index (Phi) is 6.26. The Labute approximate surface area is 174 Å². The number of fused-ring (bicyclic) bond motifs is 1. The molecule has 0 saturated carbocycles. The maximum atomic E-state index is 5.92. The number of benzene rings is 2. The molecule has 5 heteroatoms. The molecule has 0 bridgehead atoms. The Morgan fingerprint density at radius 2 is 2.00 bits per heavy atom. The SMILES string of the molecule is COc1cc(CN2CCN[C@H](c3ccccc3C(C)C)C2)cc2c1OCCCO2. The summed E-state index contributed by atoms with van der Waals surface area (Å²) < 4.78 is 17.4. The Balaban J connectivity index is 1.52. The molecule has 0 spiro atoms. The van der Waals surface area contributed by atoms with Crippen molar-refractivity contribution in [1.29, 1.82) is 0 Å². The van der Waals surface area contributed by atoms with Crippen LogP contribution in [0.1, 0.15) is 48.9 Å². The van der Waals surface area contributed by atoms with Gasteiger partial charge < -0.3 is 19.5 Å². The minimum atomic E-state index is 0.352. The molecule has 5 nitrogen and oxygen atoms in total. The van der Waals surface area contributed by atoms with Gasteiger partial charge in [-0.25, -0.2) is 0 Å². The quantitative estimate of drug-likeness (QED) is 0.823. The van der Waals surface area contributed by atoms with Gasteiger partial charge in [0.2, 0.25) is 5.75 Å². The largest absolute Gasteiger partial charge is 0.493 e. The molecule has 1 saturated heterocycles. The van der Waals surface area contributed by atoms with Crippen LogP contribution in [0.3, 0.4) is 0 Å². The second-order valence-electron chi connectivity index (χ2n) is 8.20. The number of nitrogens with one attached hydrogen (secondary N) is 1. The third-order valence-corrected chi connectivity index (χ3v) is 5.75. The Morgan fingerprint density at radius 1 is 1.17 bits per heavy atom. The maximum absolute atomic E-state index is 5.92. The molecule has 0 aliphatic carbocycles. The van der Waals surface area contributed by atoms with Gasteiger partial charge in [-0.05, 0) is 34.7 Å². The molecule has 1 fully saturated rings. The maximum Gasteiger partial charge on any atom is 0.203 e. The average molecular weight is 397 g/mol. The zero-order valence-electron chi connectivity index (χ0n) is 17.7. The molecule has 0 aromatic heterocycles. The normalized spacial score (nSPS) is 19.8. The fraction of sp³-hybridized carbons (Fsp3) is 0.500. The monoisotopic (exact) mass is 396 g/mol. The van der Waals surface area contributed by atoms with Crippen molar-refractivity contribution in [1.82, 2.24) is 10.2 Å². The highest BCUT2D eigenvalue weighted by Gasteiger charge is 2.24. The van der Waals surface area contributed by atoms with Gasteiger partial charge in [0.15, 0.2) is 11.5 Å². The second kappa shape index (κ2) is 9.06. The zero-order valence-corrected chi connectivity index (χ0v) is 17.7. The summed E-state index contributed by atoms with van der Waals surface area (Å²) in [7, 11) is 1.69. The van der Waals surface area contributed by atoms with Gasteiger partial charge in [0.05, 0.1) is 20.3 Å². The predicted molar refractivity (Wildman–Crippen MR) is 115 cm³/mol. The van der Waals surface area contributed by atoms with Gasteiger partial charge in [-0.15, -0.1) is 0 Å². The third-order valence-electron chi connectivity index (χ3n) is 5.75. The van der Waals surface area contributed by atoms with Crippen LogP contribution in [0.4, 0.5) is 0 Å². The summed E-state index contributed by atoms with van der Waals surface area (Å²) in [5.41, 5.74) is 4.05. The van der Waals surface area contributed by atoms with Gasteiger partial charge in [0, 0.05) is 38.6 Å². The molecular formula is C24H32N2O3. The lowest BCUT2D eigenvalue weighted by molar-refractivity contribution is 0.192. The van der Waals surface area contributed by atoms with Crippen LogP contribution in [0.15, 0.2) is 36.4 Å². The van der Waals surface area contributed by atoms with E-state index in [0.29, 0.717) is 25.2 Å². The van der Waals surface area contributed by atoms with Crippen molar-refractivity contribution in [2.24, 2.45) is 0 Å². The molecule has 4 rings (SSSR count). The summed E-state index contributed by atoms with van der Waals surface area (Å²) in [6.07, 6.45) is 0.891. The molecule has 2 aromatic carbocycles. The molecule has 0 unspecified atom stereocenters. The van der Waals surface area contributed by atoms with Crippen molar-refractivity contribution >= 4 is 0 Å². The van der Waals surface area contributed by atoms with Gasteiger partial charge in [-0.2, -0.15) is 0 Å². The highest BCUT2D eigenvalue weighted by atomic mass is 16.5. The lowest BCUT2D eigenvalue weighted by atomic mass is 9.92. The van der Waals surface area contributed by atoms with Gasteiger partial charge in [-0.3, -0.25) is 4.90 Å². The van der Waals surface area contributed by atoms with Crippen LogP contribution in [0, 0.1) is 0 Å². The minimum absolute atomic E-state index is 0.352. The first-order valence-corrected chi connectivity index (χ1v) is 10.7. The van der Waals surface area contributed by atoms with Crippen LogP contribution >= 0.6 is 0 Å². The Bertz CT molecular complexity index is 837. The lowest BCUT2D eigenvalue weighted by Crippen LogP contribution is -2.45. The summed E-state index contributed by atoms with van der Waals surface area (Å²) in [4.78, 5) is 2.51. The van der Waals surface area contributed by atoms with E-state index in [9.17, 15) is 0 Å². The van der Waals surface area contributed by atoms with Crippen molar-refractivity contribution < 1.29 is 14.2 Å². The number of methoxy groups -OCH3 is 1. The Hall–Kier alpha value is -2.24. The standard InChI is InChI=1S/C24H32N2O3/c1-17(2)19-7-4-5-8-20(19)21-16-26(10-9-25-21)15-18-13-22(27-3)24-23(14-18)28-11-6-12-29-24/h4-5,7-8,13-14,17,21,25H,6,9-12,15-16H2,1-3H3/t21-/m0/s1. The van der Waals surface area contributed by atoms with E-state index in [1.54, 1.807) is 7.11 Å². The predicted octanol–water partition coefficient (Wildman–Crippen LogP) is 4.13. The molecular weight excluding hydrogens is 364 g/mol. The first kappa shape index (κ1) is 20.0. The minimum Gasteiger partial charge on any atom is -0.493 e. The lowest BCUT2D eigenvalue weighted by Gasteiger charge is -2.35. The van der Waals surface area contributed by atoms with Crippen molar-refractivity contribution in [3.63, 3.8) is 0 Å². The van der Waals surface area contributed by atoms with E-state index in [1.165, 1.54) is 16.7 Å². The van der Waals surface area contributed by atoms with Crippen molar-refractivity contribution in [3.8, 4) is 17.2 Å². The molecule has 2 aliphatic rings. The van der Waals surface area contributed by atoms with Crippen LogP contribution in [0.2, 0.25) is 0 Å². The van der Waals surface area contributed by atoms with E-state index >= 15 is 0 Å². The number of rotatable bonds is 5. The van der Waals surface area contributed by atoms with Crippen LogP contribution in [0.25, 0.3) is 0 Å². The smallest absolute Gasteiger partial charge is 0.203 e. The molecule has 2 heterocycles. The summed E-state index contributed by atoms with van der Waals surface area (Å²) in [6, 6.07) is 13.4. The van der Waals surface area contributed by atoms with Gasteiger partial charge in [0.1, 0.15) is 0 Å². The van der Waals surface area contributed by atoms with E-state index in [1.807, 2.05) is 0 Å². The number of hydrogen-bond acceptors (Lipinski definition) is 5. The average Bonchev–Trinajstić information content (AvgIpc) is 2.99. The summed E-state index contributed by atoms with van der Waals surface area (Å²) >= 11 is 0. The van der Waals surface area contributed by atoms with E-state index in [2.05, 4.69) is 60.5 Å². The Morgan fingerprint density at radius 3 is 2.83 bits per heavy atom. The number of nitrogens with zero attached hydrogens (tertiary/aromatic N) is 1. The molecule has 156 valence electrons.